The predicted molar refractivity (Wildman–Crippen MR) is 89.5 cm³/mol. The summed E-state index contributed by atoms with van der Waals surface area (Å²) in [6.07, 6.45) is -2.41. The zero-order valence-electron chi connectivity index (χ0n) is 14.2. The van der Waals surface area contributed by atoms with Crippen molar-refractivity contribution in [2.24, 2.45) is 0 Å². The minimum absolute atomic E-state index is 0.0947. The number of piperidine rings is 1. The van der Waals surface area contributed by atoms with Crippen LogP contribution in [0.2, 0.25) is 0 Å². The average Bonchev–Trinajstić information content (AvgIpc) is 2.61. The Balaban J connectivity index is 1.88. The molecule has 1 aromatic heterocycles. The molecule has 0 amide bonds. The molecule has 2 aromatic rings. The smallest absolute Gasteiger partial charge is 0.416 e. The van der Waals surface area contributed by atoms with Crippen LogP contribution in [-0.2, 0) is 6.18 Å². The van der Waals surface area contributed by atoms with Gasteiger partial charge >= 0.3 is 6.18 Å². The maximum atomic E-state index is 12.7. The first kappa shape index (κ1) is 18.6. The number of aromatic hydroxyl groups is 1. The number of aryl methyl sites for hydroxylation is 1. The standard InChI is InChI=1S/C18H20F3N3O2/c1-10-8-14(17(26)13-4-2-3-7-22-13)23-24-16(10)12-6-5-11(9-15(12)25)18(19,20)21/h5-6,8-9,13,17,22,25-26H,2-4,7H2,1H3. The van der Waals surface area contributed by atoms with Gasteiger partial charge in [0.05, 0.1) is 17.0 Å². The van der Waals surface area contributed by atoms with E-state index in [4.69, 9.17) is 0 Å². The Morgan fingerprint density at radius 2 is 1.96 bits per heavy atom. The number of alkyl halides is 3. The van der Waals surface area contributed by atoms with Gasteiger partial charge in [0.1, 0.15) is 11.9 Å². The lowest BCUT2D eigenvalue weighted by molar-refractivity contribution is -0.137. The lowest BCUT2D eigenvalue weighted by Crippen LogP contribution is -2.39. The van der Waals surface area contributed by atoms with E-state index in [9.17, 15) is 23.4 Å². The number of aromatic nitrogens is 2. The summed E-state index contributed by atoms with van der Waals surface area (Å²) in [4.78, 5) is 0. The average molecular weight is 367 g/mol. The lowest BCUT2D eigenvalue weighted by atomic mass is 9.96. The Bertz CT molecular complexity index is 790. The number of aliphatic hydroxyl groups excluding tert-OH is 1. The number of hydrogen-bond donors (Lipinski definition) is 3. The minimum Gasteiger partial charge on any atom is -0.507 e. The summed E-state index contributed by atoms with van der Waals surface area (Å²) in [6, 6.07) is 4.30. The van der Waals surface area contributed by atoms with Gasteiger partial charge in [0.25, 0.3) is 0 Å². The van der Waals surface area contributed by atoms with Gasteiger partial charge in [-0.05, 0) is 56.1 Å². The molecule has 8 heteroatoms. The molecule has 1 aliphatic rings. The van der Waals surface area contributed by atoms with Gasteiger partial charge in [-0.15, -0.1) is 5.10 Å². The van der Waals surface area contributed by atoms with E-state index in [0.717, 1.165) is 31.9 Å². The molecule has 0 saturated carbocycles. The molecule has 2 unspecified atom stereocenters. The number of halogens is 3. The number of phenols is 1. The molecule has 1 aliphatic heterocycles. The fraction of sp³-hybridized carbons (Fsp3) is 0.444. The fourth-order valence-electron chi connectivity index (χ4n) is 3.18. The fourth-order valence-corrected chi connectivity index (χ4v) is 3.18. The second-order valence-electron chi connectivity index (χ2n) is 6.53. The van der Waals surface area contributed by atoms with Crippen LogP contribution in [0.1, 0.15) is 42.2 Å². The highest BCUT2D eigenvalue weighted by atomic mass is 19.4. The highest BCUT2D eigenvalue weighted by Crippen LogP contribution is 2.37. The van der Waals surface area contributed by atoms with Crippen LogP contribution < -0.4 is 5.32 Å². The molecule has 0 spiro atoms. The van der Waals surface area contributed by atoms with Crippen LogP contribution in [0.5, 0.6) is 5.75 Å². The maximum Gasteiger partial charge on any atom is 0.416 e. The van der Waals surface area contributed by atoms with Crippen LogP contribution >= 0.6 is 0 Å². The molecule has 2 heterocycles. The largest absolute Gasteiger partial charge is 0.507 e. The van der Waals surface area contributed by atoms with Gasteiger partial charge in [0, 0.05) is 11.6 Å². The Hall–Kier alpha value is -2.19. The summed E-state index contributed by atoms with van der Waals surface area (Å²) >= 11 is 0. The Labute approximate surface area is 148 Å². The third kappa shape index (κ3) is 3.81. The highest BCUT2D eigenvalue weighted by Gasteiger charge is 2.31. The summed E-state index contributed by atoms with van der Waals surface area (Å²) in [6.45, 7) is 2.55. The number of phenolic OH excluding ortho intramolecular Hbond substituents is 1. The van der Waals surface area contributed by atoms with Crippen LogP contribution in [0.25, 0.3) is 11.3 Å². The zero-order valence-corrected chi connectivity index (χ0v) is 14.2. The molecule has 0 aliphatic carbocycles. The van der Waals surface area contributed by atoms with Crippen molar-refractivity contribution in [1.82, 2.24) is 15.5 Å². The van der Waals surface area contributed by atoms with Gasteiger partial charge in [-0.3, -0.25) is 0 Å². The predicted octanol–water partition coefficient (Wildman–Crippen LogP) is 3.35. The van der Waals surface area contributed by atoms with Gasteiger partial charge in [-0.25, -0.2) is 0 Å². The molecule has 26 heavy (non-hydrogen) atoms. The molecule has 3 rings (SSSR count). The van der Waals surface area contributed by atoms with E-state index < -0.39 is 23.6 Å². The van der Waals surface area contributed by atoms with E-state index in [1.54, 1.807) is 13.0 Å². The molecule has 0 radical (unpaired) electrons. The Morgan fingerprint density at radius 3 is 2.54 bits per heavy atom. The first-order valence-corrected chi connectivity index (χ1v) is 8.43. The minimum atomic E-state index is -4.53. The number of benzene rings is 1. The molecule has 3 N–H and O–H groups in total. The summed E-state index contributed by atoms with van der Waals surface area (Å²) in [7, 11) is 0. The van der Waals surface area contributed by atoms with E-state index in [2.05, 4.69) is 15.5 Å². The van der Waals surface area contributed by atoms with E-state index >= 15 is 0 Å². The number of hydrogen-bond acceptors (Lipinski definition) is 5. The van der Waals surface area contributed by atoms with Crippen molar-refractivity contribution in [3.63, 3.8) is 0 Å². The number of rotatable bonds is 3. The molecular weight excluding hydrogens is 347 g/mol. The van der Waals surface area contributed by atoms with Crippen LogP contribution in [0, 0.1) is 6.92 Å². The number of nitrogens with one attached hydrogen (secondary N) is 1. The quantitative estimate of drug-likeness (QED) is 0.775. The molecular formula is C18H20F3N3O2. The van der Waals surface area contributed by atoms with Gasteiger partial charge in [0.15, 0.2) is 0 Å². The number of nitrogens with zero attached hydrogens (tertiary/aromatic N) is 2. The van der Waals surface area contributed by atoms with Crippen molar-refractivity contribution in [2.75, 3.05) is 6.54 Å². The lowest BCUT2D eigenvalue weighted by Gasteiger charge is -2.27. The summed E-state index contributed by atoms with van der Waals surface area (Å²) in [5.41, 5.74) is 0.528. The van der Waals surface area contributed by atoms with Crippen molar-refractivity contribution in [2.45, 2.75) is 44.5 Å². The van der Waals surface area contributed by atoms with Crippen molar-refractivity contribution < 1.29 is 23.4 Å². The van der Waals surface area contributed by atoms with Gasteiger partial charge in [-0.2, -0.15) is 18.3 Å². The molecule has 1 saturated heterocycles. The number of aliphatic hydroxyl groups is 1. The van der Waals surface area contributed by atoms with Gasteiger partial charge < -0.3 is 15.5 Å². The molecule has 140 valence electrons. The second kappa shape index (κ2) is 7.20. The topological polar surface area (TPSA) is 78.3 Å². The van der Waals surface area contributed by atoms with E-state index in [-0.39, 0.29) is 17.3 Å². The van der Waals surface area contributed by atoms with Crippen molar-refractivity contribution in [1.29, 1.82) is 0 Å². The first-order chi connectivity index (χ1) is 12.3. The van der Waals surface area contributed by atoms with Gasteiger partial charge in [0.2, 0.25) is 0 Å². The molecule has 2 atom stereocenters. The normalized spacial score (nSPS) is 19.3. The van der Waals surface area contributed by atoms with Crippen LogP contribution in [0.15, 0.2) is 24.3 Å². The molecule has 1 fully saturated rings. The monoisotopic (exact) mass is 367 g/mol. The third-order valence-corrected chi connectivity index (χ3v) is 4.62. The molecule has 5 nitrogen and oxygen atoms in total. The highest BCUT2D eigenvalue weighted by molar-refractivity contribution is 5.69. The molecule has 1 aromatic carbocycles. The van der Waals surface area contributed by atoms with Crippen LogP contribution in [0.4, 0.5) is 13.2 Å². The Morgan fingerprint density at radius 1 is 1.19 bits per heavy atom. The second-order valence-corrected chi connectivity index (χ2v) is 6.53. The van der Waals surface area contributed by atoms with E-state index in [0.29, 0.717) is 17.3 Å². The van der Waals surface area contributed by atoms with Crippen molar-refractivity contribution in [3.8, 4) is 17.0 Å². The SMILES string of the molecule is Cc1cc(C(O)C2CCCCN2)nnc1-c1ccc(C(F)(F)F)cc1O. The molecule has 0 bridgehead atoms. The van der Waals surface area contributed by atoms with Crippen LogP contribution in [0.3, 0.4) is 0 Å². The maximum absolute atomic E-state index is 12.7. The zero-order chi connectivity index (χ0) is 18.9. The van der Waals surface area contributed by atoms with Crippen molar-refractivity contribution in [3.05, 3.63) is 41.1 Å². The summed E-state index contributed by atoms with van der Waals surface area (Å²) in [5, 5.41) is 31.8. The van der Waals surface area contributed by atoms with Gasteiger partial charge in [-0.1, -0.05) is 6.42 Å². The Kier molecular flexibility index (Phi) is 5.15. The van der Waals surface area contributed by atoms with Crippen LogP contribution in [-0.4, -0.2) is 33.0 Å². The first-order valence-electron chi connectivity index (χ1n) is 8.43. The van der Waals surface area contributed by atoms with Crippen molar-refractivity contribution >= 4 is 0 Å². The van der Waals surface area contributed by atoms with E-state index in [1.807, 2.05) is 0 Å². The summed E-state index contributed by atoms with van der Waals surface area (Å²) in [5.74, 6) is -0.514. The summed E-state index contributed by atoms with van der Waals surface area (Å²) < 4.78 is 38.2. The third-order valence-electron chi connectivity index (χ3n) is 4.62. The van der Waals surface area contributed by atoms with E-state index in [1.165, 1.54) is 6.07 Å².